The topological polar surface area (TPSA) is 48.0 Å². The van der Waals surface area contributed by atoms with Gasteiger partial charge in [-0.05, 0) is 31.4 Å². The van der Waals surface area contributed by atoms with Gasteiger partial charge in [0.05, 0.1) is 24.8 Å². The van der Waals surface area contributed by atoms with Crippen LogP contribution in [0.2, 0.25) is 13.1 Å². The molecule has 1 fully saturated rings. The number of carbonyl (C=O) groups excluding carboxylic acids is 1. The van der Waals surface area contributed by atoms with Gasteiger partial charge in [-0.2, -0.15) is 0 Å². The standard InChI is InChI=1S/C17H33NO4Si/c1-8-11-21-16(19)18-13(12-20-5)9-10-14(18)15(17(2,3)4)22-23(6)7/h8,13-15,23H,1,9-12H2,2-7H3. The van der Waals surface area contributed by atoms with Gasteiger partial charge in [-0.15, -0.1) is 0 Å². The van der Waals surface area contributed by atoms with Crippen LogP contribution < -0.4 is 0 Å². The number of carbonyl (C=O) groups is 1. The first-order chi connectivity index (χ1) is 10.7. The van der Waals surface area contributed by atoms with Crippen LogP contribution in [0.15, 0.2) is 12.7 Å². The number of likely N-dealkylation sites (tertiary alicyclic amines) is 1. The minimum absolute atomic E-state index is 0.00676. The normalized spacial score (nSPS) is 23.2. The summed E-state index contributed by atoms with van der Waals surface area (Å²) < 4.78 is 17.0. The summed E-state index contributed by atoms with van der Waals surface area (Å²) in [5, 5.41) is 0. The molecule has 0 spiro atoms. The Balaban J connectivity index is 3.03. The van der Waals surface area contributed by atoms with Crippen LogP contribution in [-0.4, -0.2) is 58.5 Å². The van der Waals surface area contributed by atoms with Gasteiger partial charge in [0.2, 0.25) is 0 Å². The number of amides is 1. The van der Waals surface area contributed by atoms with E-state index in [2.05, 4.69) is 40.4 Å². The van der Waals surface area contributed by atoms with Crippen LogP contribution in [0.4, 0.5) is 4.79 Å². The fraction of sp³-hybridized carbons (Fsp3) is 0.824. The molecule has 0 N–H and O–H groups in total. The first kappa shape index (κ1) is 20.2. The lowest BCUT2D eigenvalue weighted by molar-refractivity contribution is -0.00551. The van der Waals surface area contributed by atoms with Crippen LogP contribution in [0.5, 0.6) is 0 Å². The number of ether oxygens (including phenoxy) is 2. The second-order valence-electron chi connectivity index (χ2n) is 7.50. The van der Waals surface area contributed by atoms with Crippen molar-refractivity contribution in [2.75, 3.05) is 20.3 Å². The third-order valence-electron chi connectivity index (χ3n) is 4.06. The van der Waals surface area contributed by atoms with Crippen molar-refractivity contribution in [2.24, 2.45) is 5.41 Å². The molecule has 1 amide bonds. The molecule has 3 atom stereocenters. The molecule has 0 radical (unpaired) electrons. The van der Waals surface area contributed by atoms with Crippen molar-refractivity contribution in [3.05, 3.63) is 12.7 Å². The van der Waals surface area contributed by atoms with Crippen molar-refractivity contribution in [1.82, 2.24) is 4.90 Å². The highest BCUT2D eigenvalue weighted by atomic mass is 28.3. The van der Waals surface area contributed by atoms with E-state index in [1.165, 1.54) is 0 Å². The molecule has 0 aliphatic carbocycles. The lowest BCUT2D eigenvalue weighted by atomic mass is 9.84. The van der Waals surface area contributed by atoms with Gasteiger partial charge < -0.3 is 13.9 Å². The summed E-state index contributed by atoms with van der Waals surface area (Å²) in [6, 6.07) is 0.0759. The van der Waals surface area contributed by atoms with E-state index < -0.39 is 9.04 Å². The lowest BCUT2D eigenvalue weighted by Gasteiger charge is -2.41. The predicted molar refractivity (Wildman–Crippen MR) is 95.3 cm³/mol. The highest BCUT2D eigenvalue weighted by Gasteiger charge is 2.46. The summed E-state index contributed by atoms with van der Waals surface area (Å²) in [6.07, 6.45) is 3.13. The molecule has 0 aromatic rings. The molecule has 1 aliphatic rings. The quantitative estimate of drug-likeness (QED) is 0.526. The van der Waals surface area contributed by atoms with Crippen molar-refractivity contribution in [3.63, 3.8) is 0 Å². The van der Waals surface area contributed by atoms with E-state index in [9.17, 15) is 4.79 Å². The van der Waals surface area contributed by atoms with E-state index in [0.29, 0.717) is 6.61 Å². The SMILES string of the molecule is C=CCOC(=O)N1C(COC)CCC1C(O[SiH](C)C)C(C)(C)C. The van der Waals surface area contributed by atoms with Crippen molar-refractivity contribution in [3.8, 4) is 0 Å². The van der Waals surface area contributed by atoms with Gasteiger partial charge in [0.15, 0.2) is 9.04 Å². The zero-order chi connectivity index (χ0) is 17.6. The maximum atomic E-state index is 12.6. The van der Waals surface area contributed by atoms with Crippen molar-refractivity contribution in [2.45, 2.75) is 64.9 Å². The second-order valence-corrected chi connectivity index (χ2v) is 9.87. The van der Waals surface area contributed by atoms with Crippen molar-refractivity contribution < 1.29 is 18.7 Å². The highest BCUT2D eigenvalue weighted by molar-refractivity contribution is 6.48. The third-order valence-corrected chi connectivity index (χ3v) is 4.90. The molecule has 134 valence electrons. The van der Waals surface area contributed by atoms with Gasteiger partial charge in [0.1, 0.15) is 6.61 Å². The minimum Gasteiger partial charge on any atom is -0.445 e. The average Bonchev–Trinajstić information content (AvgIpc) is 2.84. The number of rotatable bonds is 7. The lowest BCUT2D eigenvalue weighted by Crippen LogP contribution is -2.53. The van der Waals surface area contributed by atoms with E-state index in [4.69, 9.17) is 13.9 Å². The molecule has 1 saturated heterocycles. The summed E-state index contributed by atoms with van der Waals surface area (Å²) in [5.41, 5.74) is -0.0408. The molecular weight excluding hydrogens is 310 g/mol. The van der Waals surface area contributed by atoms with E-state index in [1.807, 2.05) is 4.90 Å². The first-order valence-electron chi connectivity index (χ1n) is 8.42. The predicted octanol–water partition coefficient (Wildman–Crippen LogP) is 3.20. The smallest absolute Gasteiger partial charge is 0.410 e. The summed E-state index contributed by atoms with van der Waals surface area (Å²) in [6.45, 7) is 15.2. The monoisotopic (exact) mass is 343 g/mol. The number of methoxy groups -OCH3 is 1. The highest BCUT2D eigenvalue weighted by Crippen LogP contribution is 2.36. The minimum atomic E-state index is -1.23. The molecule has 0 aromatic heterocycles. The largest absolute Gasteiger partial charge is 0.445 e. The van der Waals surface area contributed by atoms with E-state index in [1.54, 1.807) is 13.2 Å². The number of hydrogen-bond acceptors (Lipinski definition) is 4. The Morgan fingerprint density at radius 2 is 2.04 bits per heavy atom. The average molecular weight is 344 g/mol. The van der Waals surface area contributed by atoms with Gasteiger partial charge >= 0.3 is 6.09 Å². The molecule has 0 bridgehead atoms. The molecule has 3 unspecified atom stereocenters. The maximum absolute atomic E-state index is 12.6. The van der Waals surface area contributed by atoms with Gasteiger partial charge in [0.25, 0.3) is 0 Å². The second kappa shape index (κ2) is 8.85. The molecule has 0 saturated carbocycles. The fourth-order valence-electron chi connectivity index (χ4n) is 3.22. The van der Waals surface area contributed by atoms with Crippen LogP contribution in [0, 0.1) is 5.41 Å². The Morgan fingerprint density at radius 1 is 1.39 bits per heavy atom. The van der Waals surface area contributed by atoms with Crippen LogP contribution >= 0.6 is 0 Å². The van der Waals surface area contributed by atoms with Crippen LogP contribution in [0.25, 0.3) is 0 Å². The Kier molecular flexibility index (Phi) is 7.77. The van der Waals surface area contributed by atoms with Gasteiger partial charge in [-0.3, -0.25) is 4.90 Å². The van der Waals surface area contributed by atoms with Crippen LogP contribution in [-0.2, 0) is 13.9 Å². The number of hydrogen-bond donors (Lipinski definition) is 0. The third kappa shape index (κ3) is 5.62. The Labute approximate surface area is 142 Å². The van der Waals surface area contributed by atoms with Crippen LogP contribution in [0.3, 0.4) is 0 Å². The summed E-state index contributed by atoms with van der Waals surface area (Å²) in [5.74, 6) is 0. The molecule has 0 aromatic carbocycles. The molecule has 1 aliphatic heterocycles. The molecule has 6 heteroatoms. The van der Waals surface area contributed by atoms with Crippen molar-refractivity contribution >= 4 is 15.1 Å². The van der Waals surface area contributed by atoms with Gasteiger partial charge in [-0.1, -0.05) is 33.4 Å². The summed E-state index contributed by atoms with van der Waals surface area (Å²) >= 11 is 0. The molecule has 1 heterocycles. The van der Waals surface area contributed by atoms with E-state index >= 15 is 0 Å². The van der Waals surface area contributed by atoms with Crippen molar-refractivity contribution in [1.29, 1.82) is 0 Å². The molecule has 5 nitrogen and oxygen atoms in total. The number of nitrogens with zero attached hydrogens (tertiary/aromatic N) is 1. The zero-order valence-electron chi connectivity index (χ0n) is 15.5. The van der Waals surface area contributed by atoms with E-state index in [-0.39, 0.29) is 36.3 Å². The Morgan fingerprint density at radius 3 is 2.52 bits per heavy atom. The maximum Gasteiger partial charge on any atom is 0.410 e. The molecule has 23 heavy (non-hydrogen) atoms. The fourth-order valence-corrected chi connectivity index (χ4v) is 4.40. The zero-order valence-corrected chi connectivity index (χ0v) is 16.7. The summed E-state index contributed by atoms with van der Waals surface area (Å²) in [4.78, 5) is 14.4. The van der Waals surface area contributed by atoms with Gasteiger partial charge in [-0.25, -0.2) is 4.79 Å². The van der Waals surface area contributed by atoms with Gasteiger partial charge in [0, 0.05) is 7.11 Å². The van der Waals surface area contributed by atoms with Crippen LogP contribution in [0.1, 0.15) is 33.6 Å². The summed E-state index contributed by atoms with van der Waals surface area (Å²) in [7, 11) is 0.438. The Bertz CT molecular complexity index is 395. The van der Waals surface area contributed by atoms with E-state index in [0.717, 1.165) is 12.8 Å². The molecular formula is C17H33NO4Si. The molecule has 1 rings (SSSR count). The Hall–Kier alpha value is -0.853. The first-order valence-corrected chi connectivity index (χ1v) is 11.2.